The number of aryl methyl sites for hydroxylation is 2. The van der Waals surface area contributed by atoms with Crippen LogP contribution < -0.4 is 19.7 Å². The minimum absolute atomic E-state index is 0.00574. The van der Waals surface area contributed by atoms with E-state index >= 15 is 0 Å². The number of carbonyl (C=O) groups excluding carboxylic acids is 1. The van der Waals surface area contributed by atoms with Crippen LogP contribution in [0.2, 0.25) is 0 Å². The molecule has 0 saturated carbocycles. The van der Waals surface area contributed by atoms with Crippen molar-refractivity contribution in [2.45, 2.75) is 24.8 Å². The molecule has 1 aliphatic heterocycles. The molecule has 2 N–H and O–H groups in total. The predicted molar refractivity (Wildman–Crippen MR) is 90.7 cm³/mol. The van der Waals surface area contributed by atoms with Gasteiger partial charge in [-0.1, -0.05) is 18.2 Å². The molecule has 8 heteroatoms. The van der Waals surface area contributed by atoms with Crippen molar-refractivity contribution in [2.75, 3.05) is 6.61 Å². The lowest BCUT2D eigenvalue weighted by Gasteiger charge is -2.25. The van der Waals surface area contributed by atoms with Crippen LogP contribution in [0.15, 0.2) is 47.4 Å². The summed E-state index contributed by atoms with van der Waals surface area (Å²) in [6.07, 6.45) is -0.947. The van der Waals surface area contributed by atoms with Crippen LogP contribution in [0.4, 0.5) is 0 Å². The third-order valence-electron chi connectivity index (χ3n) is 3.90. The SMILES string of the molecule is Cc1ccc(S(=O)(=O)NNC(=O)[C@H]2COc3ccccc3O2)cc1C. The molecule has 7 nitrogen and oxygen atoms in total. The average molecular weight is 362 g/mol. The monoisotopic (exact) mass is 362 g/mol. The number of sulfonamides is 1. The van der Waals surface area contributed by atoms with Crippen LogP contribution in [0.3, 0.4) is 0 Å². The van der Waals surface area contributed by atoms with Gasteiger partial charge < -0.3 is 9.47 Å². The molecular formula is C17H18N2O5S. The maximum absolute atomic E-state index is 12.3. The summed E-state index contributed by atoms with van der Waals surface area (Å²) in [6.45, 7) is 3.70. The van der Waals surface area contributed by atoms with Crippen LogP contribution in [0.5, 0.6) is 11.5 Å². The van der Waals surface area contributed by atoms with E-state index in [1.54, 1.807) is 36.4 Å². The van der Waals surface area contributed by atoms with Gasteiger partial charge in [-0.15, -0.1) is 4.83 Å². The Hall–Kier alpha value is -2.58. The van der Waals surface area contributed by atoms with Crippen LogP contribution in [-0.2, 0) is 14.8 Å². The van der Waals surface area contributed by atoms with Gasteiger partial charge in [0.05, 0.1) is 4.90 Å². The van der Waals surface area contributed by atoms with E-state index in [9.17, 15) is 13.2 Å². The van der Waals surface area contributed by atoms with E-state index in [2.05, 4.69) is 10.3 Å². The second-order valence-corrected chi connectivity index (χ2v) is 7.39. The molecule has 1 aliphatic rings. The first-order chi connectivity index (χ1) is 11.9. The molecule has 1 heterocycles. The van der Waals surface area contributed by atoms with Crippen LogP contribution >= 0.6 is 0 Å². The van der Waals surface area contributed by atoms with E-state index in [1.165, 1.54) is 6.07 Å². The number of benzene rings is 2. The molecule has 0 bridgehead atoms. The predicted octanol–water partition coefficient (Wildman–Crippen LogP) is 1.45. The van der Waals surface area contributed by atoms with E-state index < -0.39 is 22.0 Å². The highest BCUT2D eigenvalue weighted by Gasteiger charge is 2.28. The quantitative estimate of drug-likeness (QED) is 0.803. The minimum Gasteiger partial charge on any atom is -0.485 e. The van der Waals surface area contributed by atoms with Crippen molar-refractivity contribution in [3.8, 4) is 11.5 Å². The molecule has 25 heavy (non-hydrogen) atoms. The largest absolute Gasteiger partial charge is 0.485 e. The highest BCUT2D eigenvalue weighted by atomic mass is 32.2. The van der Waals surface area contributed by atoms with E-state index in [-0.39, 0.29) is 11.5 Å². The number of ether oxygens (including phenoxy) is 2. The summed E-state index contributed by atoms with van der Waals surface area (Å²) < 4.78 is 35.5. The number of hydrogen-bond donors (Lipinski definition) is 2. The maximum Gasteiger partial charge on any atom is 0.279 e. The van der Waals surface area contributed by atoms with Crippen molar-refractivity contribution in [3.05, 3.63) is 53.6 Å². The molecule has 0 aliphatic carbocycles. The maximum atomic E-state index is 12.3. The van der Waals surface area contributed by atoms with Gasteiger partial charge in [0.1, 0.15) is 6.61 Å². The lowest BCUT2D eigenvalue weighted by Crippen LogP contribution is -2.50. The topological polar surface area (TPSA) is 93.7 Å². The standard InChI is InChI=1S/C17H18N2O5S/c1-11-7-8-13(9-12(11)2)25(21,22)19-18-17(20)16-10-23-14-5-3-4-6-15(14)24-16/h3-9,16,19H,10H2,1-2H3,(H,18,20)/t16-/m1/s1. The molecule has 0 unspecified atom stereocenters. The van der Waals surface area contributed by atoms with E-state index in [0.717, 1.165) is 11.1 Å². The third-order valence-corrected chi connectivity index (χ3v) is 5.14. The number of nitrogens with one attached hydrogen (secondary N) is 2. The van der Waals surface area contributed by atoms with Crippen molar-refractivity contribution in [2.24, 2.45) is 0 Å². The first kappa shape index (κ1) is 17.2. The lowest BCUT2D eigenvalue weighted by molar-refractivity contribution is -0.130. The van der Waals surface area contributed by atoms with Crippen molar-refractivity contribution in [3.63, 3.8) is 0 Å². The van der Waals surface area contributed by atoms with Gasteiger partial charge in [-0.25, -0.2) is 8.42 Å². The number of para-hydroxylation sites is 2. The van der Waals surface area contributed by atoms with E-state index in [1.807, 2.05) is 13.8 Å². The summed E-state index contributed by atoms with van der Waals surface area (Å²) in [6, 6.07) is 11.7. The Balaban J connectivity index is 1.65. The molecule has 1 amide bonds. The normalized spacial score (nSPS) is 16.3. The zero-order valence-electron chi connectivity index (χ0n) is 13.8. The highest BCUT2D eigenvalue weighted by molar-refractivity contribution is 7.89. The molecule has 0 fully saturated rings. The van der Waals surface area contributed by atoms with Gasteiger partial charge >= 0.3 is 0 Å². The highest BCUT2D eigenvalue weighted by Crippen LogP contribution is 2.30. The molecule has 3 rings (SSSR count). The van der Waals surface area contributed by atoms with Gasteiger partial charge in [0.2, 0.25) is 6.10 Å². The zero-order chi connectivity index (χ0) is 18.0. The lowest BCUT2D eigenvalue weighted by atomic mass is 10.1. The Labute approximate surface area is 146 Å². The molecule has 0 radical (unpaired) electrons. The third kappa shape index (κ3) is 3.75. The molecule has 0 spiro atoms. The van der Waals surface area contributed by atoms with Crippen molar-refractivity contribution in [1.82, 2.24) is 10.3 Å². The summed E-state index contributed by atoms with van der Waals surface area (Å²) in [5.74, 6) is 0.343. The van der Waals surface area contributed by atoms with Gasteiger partial charge in [-0.05, 0) is 49.2 Å². The van der Waals surface area contributed by atoms with Gasteiger partial charge in [0.25, 0.3) is 15.9 Å². The molecule has 2 aromatic carbocycles. The summed E-state index contributed by atoms with van der Waals surface area (Å²) in [5, 5.41) is 0. The molecule has 0 aromatic heterocycles. The summed E-state index contributed by atoms with van der Waals surface area (Å²) in [5.41, 5.74) is 4.00. The van der Waals surface area contributed by atoms with Crippen molar-refractivity contribution in [1.29, 1.82) is 0 Å². The molecular weight excluding hydrogens is 344 g/mol. The van der Waals surface area contributed by atoms with Crippen LogP contribution in [-0.4, -0.2) is 27.0 Å². The summed E-state index contributed by atoms with van der Waals surface area (Å²) in [7, 11) is -3.87. The minimum atomic E-state index is -3.87. The number of rotatable bonds is 4. The van der Waals surface area contributed by atoms with Gasteiger partial charge in [0.15, 0.2) is 11.5 Å². The molecule has 0 saturated heterocycles. The van der Waals surface area contributed by atoms with Crippen molar-refractivity contribution >= 4 is 15.9 Å². The summed E-state index contributed by atoms with van der Waals surface area (Å²) >= 11 is 0. The number of amides is 1. The van der Waals surface area contributed by atoms with Gasteiger partial charge in [0, 0.05) is 0 Å². The Morgan fingerprint density at radius 1 is 1.08 bits per heavy atom. The Bertz CT molecular complexity index is 911. The van der Waals surface area contributed by atoms with Gasteiger partial charge in [-0.2, -0.15) is 0 Å². The number of hydrogen-bond acceptors (Lipinski definition) is 5. The molecule has 2 aromatic rings. The fraction of sp³-hybridized carbons (Fsp3) is 0.235. The summed E-state index contributed by atoms with van der Waals surface area (Å²) in [4.78, 5) is 14.3. The number of hydrazine groups is 1. The Morgan fingerprint density at radius 2 is 1.80 bits per heavy atom. The smallest absolute Gasteiger partial charge is 0.279 e. The average Bonchev–Trinajstić information content (AvgIpc) is 2.61. The van der Waals surface area contributed by atoms with Crippen LogP contribution in [0, 0.1) is 13.8 Å². The van der Waals surface area contributed by atoms with Crippen molar-refractivity contribution < 1.29 is 22.7 Å². The fourth-order valence-electron chi connectivity index (χ4n) is 2.29. The van der Waals surface area contributed by atoms with Crippen LogP contribution in [0.25, 0.3) is 0 Å². The van der Waals surface area contributed by atoms with E-state index in [0.29, 0.717) is 11.5 Å². The Kier molecular flexibility index (Phi) is 4.65. The number of fused-ring (bicyclic) bond motifs is 1. The fourth-order valence-corrected chi connectivity index (χ4v) is 3.22. The second-order valence-electron chi connectivity index (χ2n) is 5.71. The number of carbonyl (C=O) groups is 1. The molecule has 132 valence electrons. The zero-order valence-corrected chi connectivity index (χ0v) is 14.6. The van der Waals surface area contributed by atoms with Crippen LogP contribution in [0.1, 0.15) is 11.1 Å². The van der Waals surface area contributed by atoms with Gasteiger partial charge in [-0.3, -0.25) is 10.2 Å². The second kappa shape index (κ2) is 6.73. The first-order valence-corrected chi connectivity index (χ1v) is 9.12. The van der Waals surface area contributed by atoms with E-state index in [4.69, 9.17) is 9.47 Å². The Morgan fingerprint density at radius 3 is 2.52 bits per heavy atom. The molecule has 1 atom stereocenters. The first-order valence-electron chi connectivity index (χ1n) is 7.64.